The Kier molecular flexibility index (Phi) is 2.87. The molecule has 2 aliphatic rings. The molecule has 1 aliphatic carbocycles. The summed E-state index contributed by atoms with van der Waals surface area (Å²) in [7, 11) is 0. The second kappa shape index (κ2) is 4.91. The highest BCUT2D eigenvalue weighted by Gasteiger charge is 2.38. The Hall–Kier alpha value is -2.69. The average Bonchev–Trinajstić information content (AvgIpc) is 3.26. The van der Waals surface area contributed by atoms with Crippen molar-refractivity contribution in [3.8, 4) is 11.3 Å². The van der Waals surface area contributed by atoms with Crippen LogP contribution >= 0.6 is 0 Å². The van der Waals surface area contributed by atoms with E-state index >= 15 is 0 Å². The van der Waals surface area contributed by atoms with E-state index in [1.807, 2.05) is 26.2 Å². The quantitative estimate of drug-likeness (QED) is 0.744. The van der Waals surface area contributed by atoms with Crippen molar-refractivity contribution in [2.75, 3.05) is 11.9 Å². The number of nitrogens with one attached hydrogen (secondary N) is 1. The van der Waals surface area contributed by atoms with Gasteiger partial charge < -0.3 is 5.32 Å². The first-order valence-electron chi connectivity index (χ1n) is 8.81. The van der Waals surface area contributed by atoms with Crippen LogP contribution in [0.3, 0.4) is 0 Å². The zero-order chi connectivity index (χ0) is 17.2. The average molecular weight is 332 g/mol. The van der Waals surface area contributed by atoms with Crippen LogP contribution in [0.15, 0.2) is 30.9 Å². The summed E-state index contributed by atoms with van der Waals surface area (Å²) in [6, 6.07) is 2.21. The van der Waals surface area contributed by atoms with Gasteiger partial charge in [-0.1, -0.05) is 0 Å². The van der Waals surface area contributed by atoms with E-state index in [0.717, 1.165) is 36.2 Å². The minimum atomic E-state index is -0.469. The van der Waals surface area contributed by atoms with Gasteiger partial charge in [0.05, 0.1) is 30.0 Å². The van der Waals surface area contributed by atoms with Crippen LogP contribution < -0.4 is 5.32 Å². The second-order valence-corrected chi connectivity index (χ2v) is 7.51. The summed E-state index contributed by atoms with van der Waals surface area (Å²) >= 11 is 0. The maximum Gasteiger partial charge on any atom is 0.161 e. The van der Waals surface area contributed by atoms with Crippen LogP contribution in [-0.2, 0) is 23.1 Å². The molecule has 1 aliphatic heterocycles. The van der Waals surface area contributed by atoms with Gasteiger partial charge in [-0.2, -0.15) is 0 Å². The van der Waals surface area contributed by atoms with Crippen molar-refractivity contribution in [3.63, 3.8) is 0 Å². The predicted molar refractivity (Wildman–Crippen MR) is 97.0 cm³/mol. The number of carbonyl (C=O) groups is 1. The van der Waals surface area contributed by atoms with Gasteiger partial charge in [-0.25, -0.2) is 4.98 Å². The Labute approximate surface area is 146 Å². The molecule has 2 aromatic heterocycles. The van der Waals surface area contributed by atoms with Gasteiger partial charge in [-0.15, -0.1) is 0 Å². The van der Waals surface area contributed by atoms with Crippen molar-refractivity contribution in [3.05, 3.63) is 47.5 Å². The zero-order valence-corrected chi connectivity index (χ0v) is 14.5. The van der Waals surface area contributed by atoms with Crippen molar-refractivity contribution in [1.29, 1.82) is 0 Å². The number of aromatic nitrogens is 3. The van der Waals surface area contributed by atoms with E-state index in [1.54, 1.807) is 12.4 Å². The molecule has 25 heavy (non-hydrogen) atoms. The molecule has 0 amide bonds. The highest BCUT2D eigenvalue weighted by molar-refractivity contribution is 5.98. The first-order chi connectivity index (χ1) is 12.1. The Bertz CT molecular complexity index is 1030. The summed E-state index contributed by atoms with van der Waals surface area (Å²) in [6.07, 6.45) is 10.7. The van der Waals surface area contributed by atoms with Crippen LogP contribution in [0.25, 0.3) is 16.9 Å². The number of fused-ring (bicyclic) bond motifs is 4. The van der Waals surface area contributed by atoms with E-state index in [2.05, 4.69) is 25.8 Å². The van der Waals surface area contributed by atoms with E-state index in [0.29, 0.717) is 6.54 Å². The summed E-state index contributed by atoms with van der Waals surface area (Å²) in [5, 5.41) is 3.39. The first-order valence-corrected chi connectivity index (χ1v) is 8.81. The molecule has 1 N–H and O–H groups in total. The van der Waals surface area contributed by atoms with E-state index in [9.17, 15) is 4.79 Å². The molecular formula is C20H20N4O. The fraction of sp³-hybridized carbons (Fsp3) is 0.350. The Morgan fingerprint density at radius 2 is 2.04 bits per heavy atom. The SMILES string of the molecule is CC1(C)C(=O)CNc2c1cc(-c1cncc3nccn13)c1c2CCC1. The molecule has 0 atom stereocenters. The van der Waals surface area contributed by atoms with Crippen LogP contribution in [0.5, 0.6) is 0 Å². The summed E-state index contributed by atoms with van der Waals surface area (Å²) in [5.74, 6) is 0.239. The number of benzene rings is 1. The van der Waals surface area contributed by atoms with Gasteiger partial charge >= 0.3 is 0 Å². The lowest BCUT2D eigenvalue weighted by molar-refractivity contribution is -0.122. The van der Waals surface area contributed by atoms with Gasteiger partial charge in [0.2, 0.25) is 0 Å². The van der Waals surface area contributed by atoms with Gasteiger partial charge in [-0.3, -0.25) is 14.2 Å². The number of nitrogens with zero attached hydrogens (tertiary/aromatic N) is 3. The minimum Gasteiger partial charge on any atom is -0.377 e. The number of anilines is 1. The first kappa shape index (κ1) is 14.6. The lowest BCUT2D eigenvalue weighted by Crippen LogP contribution is -2.39. The molecule has 0 fully saturated rings. The number of hydrogen-bond donors (Lipinski definition) is 1. The lowest BCUT2D eigenvalue weighted by atomic mass is 9.75. The lowest BCUT2D eigenvalue weighted by Gasteiger charge is -2.34. The molecule has 0 spiro atoms. The number of ketones is 1. The monoisotopic (exact) mass is 332 g/mol. The highest BCUT2D eigenvalue weighted by atomic mass is 16.1. The van der Waals surface area contributed by atoms with Gasteiger partial charge in [0.1, 0.15) is 0 Å². The molecule has 5 nitrogen and oxygen atoms in total. The molecule has 1 aromatic carbocycles. The maximum absolute atomic E-state index is 12.5. The van der Waals surface area contributed by atoms with Gasteiger partial charge in [0.15, 0.2) is 11.4 Å². The third kappa shape index (κ3) is 1.92. The van der Waals surface area contributed by atoms with E-state index in [-0.39, 0.29) is 5.78 Å². The van der Waals surface area contributed by atoms with Crippen molar-refractivity contribution < 1.29 is 4.79 Å². The van der Waals surface area contributed by atoms with Crippen molar-refractivity contribution >= 4 is 17.1 Å². The fourth-order valence-electron chi connectivity index (χ4n) is 4.30. The zero-order valence-electron chi connectivity index (χ0n) is 14.5. The summed E-state index contributed by atoms with van der Waals surface area (Å²) in [5.41, 5.74) is 7.67. The van der Waals surface area contributed by atoms with E-state index < -0.39 is 5.41 Å². The van der Waals surface area contributed by atoms with Gasteiger partial charge in [0, 0.05) is 23.6 Å². The molecule has 0 radical (unpaired) electrons. The molecule has 5 rings (SSSR count). The van der Waals surface area contributed by atoms with Crippen LogP contribution in [0.2, 0.25) is 0 Å². The number of carbonyl (C=O) groups excluding carboxylic acids is 1. The van der Waals surface area contributed by atoms with E-state index in [4.69, 9.17) is 0 Å². The van der Waals surface area contributed by atoms with Crippen molar-refractivity contribution in [2.24, 2.45) is 0 Å². The third-order valence-electron chi connectivity index (χ3n) is 5.79. The van der Waals surface area contributed by atoms with Gasteiger partial charge in [0.25, 0.3) is 0 Å². The smallest absolute Gasteiger partial charge is 0.161 e. The molecule has 0 saturated carbocycles. The van der Waals surface area contributed by atoms with Crippen LogP contribution in [0.4, 0.5) is 5.69 Å². The standard InChI is InChI=1S/C20H20N4O/c1-20(2)15-8-14(16-9-21-11-18-22-6-7-24(16)18)12-4-3-5-13(12)19(15)23-10-17(20)25/h6-9,11,23H,3-5,10H2,1-2H3. The molecule has 5 heteroatoms. The summed E-state index contributed by atoms with van der Waals surface area (Å²) < 4.78 is 2.08. The molecule has 3 heterocycles. The normalized spacial score (nSPS) is 18.1. The maximum atomic E-state index is 12.5. The highest BCUT2D eigenvalue weighted by Crippen LogP contribution is 2.45. The van der Waals surface area contributed by atoms with Crippen molar-refractivity contribution in [1.82, 2.24) is 14.4 Å². The molecule has 3 aromatic rings. The third-order valence-corrected chi connectivity index (χ3v) is 5.79. The Morgan fingerprint density at radius 3 is 2.92 bits per heavy atom. The Balaban J connectivity index is 1.85. The van der Waals surface area contributed by atoms with Crippen molar-refractivity contribution in [2.45, 2.75) is 38.5 Å². The van der Waals surface area contributed by atoms with Crippen LogP contribution in [0.1, 0.15) is 37.0 Å². The molecule has 0 saturated heterocycles. The van der Waals surface area contributed by atoms with E-state index in [1.165, 1.54) is 22.4 Å². The number of imidazole rings is 1. The topological polar surface area (TPSA) is 59.3 Å². The predicted octanol–water partition coefficient (Wildman–Crippen LogP) is 3.16. The summed E-state index contributed by atoms with van der Waals surface area (Å²) in [4.78, 5) is 21.3. The second-order valence-electron chi connectivity index (χ2n) is 7.51. The van der Waals surface area contributed by atoms with Gasteiger partial charge in [-0.05, 0) is 55.9 Å². The molecule has 0 bridgehead atoms. The molecule has 126 valence electrons. The number of hydrogen-bond acceptors (Lipinski definition) is 4. The fourth-order valence-corrected chi connectivity index (χ4v) is 4.30. The number of rotatable bonds is 1. The van der Waals surface area contributed by atoms with Crippen LogP contribution in [0, 0.1) is 0 Å². The minimum absolute atomic E-state index is 0.239. The van der Waals surface area contributed by atoms with Crippen LogP contribution in [-0.4, -0.2) is 26.7 Å². The largest absolute Gasteiger partial charge is 0.377 e. The number of Topliss-reactive ketones (excluding diaryl/α,β-unsaturated/α-hetero) is 1. The molecule has 0 unspecified atom stereocenters. The molecular weight excluding hydrogens is 312 g/mol. The Morgan fingerprint density at radius 1 is 1.20 bits per heavy atom. The summed E-state index contributed by atoms with van der Waals surface area (Å²) in [6.45, 7) is 4.50.